The van der Waals surface area contributed by atoms with Gasteiger partial charge in [0.2, 0.25) is 11.6 Å². The maximum Gasteiger partial charge on any atom is 0.413 e. The second kappa shape index (κ2) is 19.3. The van der Waals surface area contributed by atoms with E-state index < -0.39 is 119 Å². The average Bonchev–Trinajstić information content (AvgIpc) is 3.63. The maximum atomic E-state index is 15.0. The molecular formula is C50H65NO16. The first-order chi connectivity index (χ1) is 31.4. The van der Waals surface area contributed by atoms with E-state index in [0.717, 1.165) is 6.92 Å². The van der Waals surface area contributed by atoms with Crippen molar-refractivity contribution < 1.29 is 76.9 Å². The van der Waals surface area contributed by atoms with Gasteiger partial charge in [0.15, 0.2) is 17.9 Å². The number of allylic oxidation sites excluding steroid dienone is 1. The quantitative estimate of drug-likeness (QED) is 0.132. The Morgan fingerprint density at radius 1 is 0.985 bits per heavy atom. The van der Waals surface area contributed by atoms with Crippen LogP contribution in [0.2, 0.25) is 0 Å². The summed E-state index contributed by atoms with van der Waals surface area (Å²) in [6, 6.07) is 11.9. The molecule has 1 amide bonds. The molecule has 2 N–H and O–H groups in total. The number of ketones is 2. The molecule has 10 atom stereocenters. The van der Waals surface area contributed by atoms with Crippen LogP contribution in [0.25, 0.3) is 0 Å². The van der Waals surface area contributed by atoms with Crippen LogP contribution in [-0.4, -0.2) is 119 Å². The lowest BCUT2D eigenvalue weighted by Crippen LogP contribution is -2.75. The molecule has 2 aromatic carbocycles. The van der Waals surface area contributed by atoms with Crippen molar-refractivity contribution in [2.24, 2.45) is 29.1 Å². The van der Waals surface area contributed by atoms with E-state index in [1.165, 1.54) is 45.1 Å². The van der Waals surface area contributed by atoms with E-state index in [9.17, 15) is 34.2 Å². The van der Waals surface area contributed by atoms with Crippen molar-refractivity contribution in [2.75, 3.05) is 27.4 Å². The minimum atomic E-state index is -2.35. The molecule has 2 saturated heterocycles. The molecule has 4 aliphatic rings. The molecule has 1 saturated carbocycles. The summed E-state index contributed by atoms with van der Waals surface area (Å²) in [5.41, 5.74) is -6.10. The monoisotopic (exact) mass is 935 g/mol. The highest BCUT2D eigenvalue weighted by Crippen LogP contribution is 2.59. The number of hydrogen-bond donors (Lipinski definition) is 2. The SMILES string of the molecule is COc1ccc(C2OC(C(=O)OC3=C(C)C4C(=O)C(=O)C(C)C([C@]5(OC(C)=O)CO[C@@H]5CCO)[C@H](OC(=O)c5ccccc5)[C@](O)(C3)C4(C)C)[C@H](CC(C)C)N2C(=O)OC(C)(C)C)c(OC)c1. The number of esters is 3. The smallest absolute Gasteiger partial charge is 0.413 e. The third-order valence-electron chi connectivity index (χ3n) is 13.7. The second-order valence-corrected chi connectivity index (χ2v) is 20.0. The number of Topliss-reactive ketones (excluding diaryl/α,β-unsaturated/α-hetero) is 2. The van der Waals surface area contributed by atoms with Gasteiger partial charge in [0.25, 0.3) is 0 Å². The standard InChI is InChI=1S/C50H65NO16/c1-26(2)22-33-41(64-43(51(33)46(58)67-47(6,7)8)32-19-18-31(60-11)23-34(32)61-12)45(57)63-35-24-50(59)42(65-44(56)30-16-14-13-15-17-30)38(49(66-29(5)53)25-62-36(49)20-21-52)28(4)39(54)40(55)37(27(35)3)48(50,9)10/h13-19,23,26,28,33,36-38,41-43,52,59H,20-22,24-25H2,1-12H3/t28?,33-,36+,37?,38?,41?,42-,43?,49-,50+/m0/s1. The van der Waals surface area contributed by atoms with Gasteiger partial charge in [-0.3, -0.25) is 19.3 Å². The normalized spacial score (nSPS) is 30.5. The molecule has 2 bridgehead atoms. The molecule has 17 nitrogen and oxygen atoms in total. The summed E-state index contributed by atoms with van der Waals surface area (Å²) >= 11 is 0. The summed E-state index contributed by atoms with van der Waals surface area (Å²) in [5.74, 6) is -8.29. The van der Waals surface area contributed by atoms with Crippen LogP contribution >= 0.6 is 0 Å². The summed E-state index contributed by atoms with van der Waals surface area (Å²) in [6.45, 7) is 15.5. The fraction of sp³-hybridized carbons (Fsp3) is 0.600. The molecule has 2 heterocycles. The van der Waals surface area contributed by atoms with Crippen LogP contribution in [0, 0.1) is 29.1 Å². The first kappa shape index (κ1) is 51.0. The third-order valence-corrected chi connectivity index (χ3v) is 13.7. The molecule has 5 unspecified atom stereocenters. The first-order valence-corrected chi connectivity index (χ1v) is 22.7. The van der Waals surface area contributed by atoms with Crippen molar-refractivity contribution in [2.45, 2.75) is 136 Å². The van der Waals surface area contributed by atoms with Gasteiger partial charge in [0.05, 0.1) is 44.3 Å². The highest BCUT2D eigenvalue weighted by Gasteiger charge is 2.72. The van der Waals surface area contributed by atoms with Gasteiger partial charge in [-0.25, -0.2) is 14.4 Å². The first-order valence-electron chi connectivity index (χ1n) is 22.7. The Hall–Kier alpha value is -5.36. The number of aliphatic hydroxyl groups is 2. The van der Waals surface area contributed by atoms with Crippen LogP contribution in [0.5, 0.6) is 11.5 Å². The van der Waals surface area contributed by atoms with E-state index in [1.54, 1.807) is 71.0 Å². The lowest BCUT2D eigenvalue weighted by Gasteiger charge is -2.61. The van der Waals surface area contributed by atoms with Gasteiger partial charge >= 0.3 is 24.0 Å². The van der Waals surface area contributed by atoms with E-state index >= 15 is 4.79 Å². The molecule has 0 aromatic heterocycles. The number of amides is 1. The number of nitrogens with zero attached hydrogens (tertiary/aromatic N) is 1. The van der Waals surface area contributed by atoms with Crippen molar-refractivity contribution in [1.82, 2.24) is 4.90 Å². The van der Waals surface area contributed by atoms with Crippen LogP contribution in [0.3, 0.4) is 0 Å². The van der Waals surface area contributed by atoms with Crippen LogP contribution < -0.4 is 9.47 Å². The van der Waals surface area contributed by atoms with Crippen molar-refractivity contribution in [3.63, 3.8) is 0 Å². The molecule has 2 aliphatic heterocycles. The number of fused-ring (bicyclic) bond motifs is 2. The van der Waals surface area contributed by atoms with Crippen molar-refractivity contribution in [3.05, 3.63) is 71.0 Å². The minimum Gasteiger partial charge on any atom is -0.497 e. The molecule has 6 rings (SSSR count). The molecule has 2 aliphatic carbocycles. The lowest BCUT2D eigenvalue weighted by atomic mass is 9.49. The zero-order chi connectivity index (χ0) is 49.6. The predicted molar refractivity (Wildman–Crippen MR) is 238 cm³/mol. The van der Waals surface area contributed by atoms with Crippen LogP contribution in [0.1, 0.15) is 111 Å². The van der Waals surface area contributed by atoms with Crippen LogP contribution in [0.4, 0.5) is 4.79 Å². The summed E-state index contributed by atoms with van der Waals surface area (Å²) in [5, 5.41) is 23.8. The number of methoxy groups -OCH3 is 2. The summed E-state index contributed by atoms with van der Waals surface area (Å²) in [4.78, 5) is 87.4. The van der Waals surface area contributed by atoms with Gasteiger partial charge < -0.3 is 48.1 Å². The van der Waals surface area contributed by atoms with E-state index in [1.807, 2.05) is 13.8 Å². The Morgan fingerprint density at radius 2 is 1.66 bits per heavy atom. The Morgan fingerprint density at radius 3 is 2.21 bits per heavy atom. The molecule has 2 aromatic rings. The largest absolute Gasteiger partial charge is 0.497 e. The van der Waals surface area contributed by atoms with Crippen LogP contribution in [0.15, 0.2) is 59.9 Å². The van der Waals surface area contributed by atoms with Crippen molar-refractivity contribution >= 4 is 35.6 Å². The molecule has 17 heteroatoms. The number of rotatable bonds is 13. The van der Waals surface area contributed by atoms with Gasteiger partial charge in [-0.15, -0.1) is 0 Å². The number of aliphatic hydroxyl groups excluding tert-OH is 1. The summed E-state index contributed by atoms with van der Waals surface area (Å²) < 4.78 is 48.2. The van der Waals surface area contributed by atoms with Gasteiger partial charge in [-0.1, -0.05) is 52.8 Å². The van der Waals surface area contributed by atoms with Gasteiger partial charge in [0, 0.05) is 49.3 Å². The lowest BCUT2D eigenvalue weighted by molar-refractivity contribution is -0.309. The fourth-order valence-electron chi connectivity index (χ4n) is 10.4. The number of ether oxygens (including phenoxy) is 8. The molecule has 0 radical (unpaired) electrons. The summed E-state index contributed by atoms with van der Waals surface area (Å²) in [6.07, 6.45) is -6.71. The molecule has 67 heavy (non-hydrogen) atoms. The highest BCUT2D eigenvalue weighted by atomic mass is 16.6. The highest BCUT2D eigenvalue weighted by molar-refractivity contribution is 6.39. The van der Waals surface area contributed by atoms with Crippen molar-refractivity contribution in [3.8, 4) is 11.5 Å². The summed E-state index contributed by atoms with van der Waals surface area (Å²) in [7, 11) is 2.93. The molecular weight excluding hydrogens is 871 g/mol. The Bertz CT molecular complexity index is 2270. The third kappa shape index (κ3) is 9.44. The van der Waals surface area contributed by atoms with Gasteiger partial charge in [0.1, 0.15) is 40.7 Å². The zero-order valence-electron chi connectivity index (χ0n) is 40.4. The Labute approximate surface area is 391 Å². The van der Waals surface area contributed by atoms with Gasteiger partial charge in [-0.05, 0) is 69.9 Å². The second-order valence-electron chi connectivity index (χ2n) is 20.0. The number of hydrogen-bond acceptors (Lipinski definition) is 16. The average molecular weight is 936 g/mol. The molecule has 366 valence electrons. The van der Waals surface area contributed by atoms with Gasteiger partial charge in [-0.2, -0.15) is 0 Å². The number of carbonyl (C=O) groups excluding carboxylic acids is 6. The minimum absolute atomic E-state index is 0.0764. The zero-order valence-corrected chi connectivity index (χ0v) is 40.4. The van der Waals surface area contributed by atoms with E-state index in [-0.39, 0.29) is 42.3 Å². The van der Waals surface area contributed by atoms with E-state index in [4.69, 9.17) is 37.9 Å². The topological polar surface area (TPSA) is 220 Å². The maximum absolute atomic E-state index is 15.0. The van der Waals surface area contributed by atoms with E-state index in [0.29, 0.717) is 17.1 Å². The predicted octanol–water partition coefficient (Wildman–Crippen LogP) is 6.06. The number of benzene rings is 2. The molecule has 0 spiro atoms. The van der Waals surface area contributed by atoms with Crippen LogP contribution in [-0.2, 0) is 47.6 Å². The Kier molecular flexibility index (Phi) is 14.7. The Balaban J connectivity index is 1.51. The number of carbonyl (C=O) groups is 6. The van der Waals surface area contributed by atoms with E-state index in [2.05, 4.69) is 0 Å². The fourth-order valence-corrected chi connectivity index (χ4v) is 10.4. The molecule has 3 fully saturated rings. The van der Waals surface area contributed by atoms with Crippen molar-refractivity contribution in [1.29, 1.82) is 0 Å².